The van der Waals surface area contributed by atoms with E-state index in [0.29, 0.717) is 30.8 Å². The van der Waals surface area contributed by atoms with E-state index in [2.05, 4.69) is 16.1 Å². The summed E-state index contributed by atoms with van der Waals surface area (Å²) in [7, 11) is 0. The van der Waals surface area contributed by atoms with Crippen molar-refractivity contribution < 1.29 is 28.0 Å². The van der Waals surface area contributed by atoms with Crippen molar-refractivity contribution in [1.29, 1.82) is 0 Å². The molecule has 1 aliphatic heterocycles. The van der Waals surface area contributed by atoms with E-state index in [0.717, 1.165) is 0 Å². The van der Waals surface area contributed by atoms with Crippen molar-refractivity contribution in [3.05, 3.63) is 41.7 Å². The maximum absolute atomic E-state index is 12.2. The SMILES string of the molecule is O=C1CCCc2occ(C(=O)NNC(=O)C(=O)NCc3ccco3)c2N1. The standard InChI is InChI=1S/C16H16N4O6/c21-12-5-1-4-11-13(18-12)10(8-26-11)14(22)19-20-16(24)15(23)17-7-9-3-2-6-25-9/h2-3,6,8H,1,4-5,7H2,(H,17,23)(H,18,21)(H,19,22)(H,20,24). The highest BCUT2D eigenvalue weighted by atomic mass is 16.3. The van der Waals surface area contributed by atoms with Gasteiger partial charge in [0.2, 0.25) is 5.91 Å². The van der Waals surface area contributed by atoms with Crippen LogP contribution in [0.2, 0.25) is 0 Å². The highest BCUT2D eigenvalue weighted by Gasteiger charge is 2.24. The normalized spacial score (nSPS) is 13.2. The van der Waals surface area contributed by atoms with Crippen LogP contribution in [0.3, 0.4) is 0 Å². The minimum Gasteiger partial charge on any atom is -0.467 e. The van der Waals surface area contributed by atoms with E-state index in [1.54, 1.807) is 12.1 Å². The number of nitrogens with one attached hydrogen (secondary N) is 4. The van der Waals surface area contributed by atoms with Gasteiger partial charge < -0.3 is 19.5 Å². The lowest BCUT2D eigenvalue weighted by molar-refractivity contribution is -0.139. The molecule has 0 bridgehead atoms. The lowest BCUT2D eigenvalue weighted by Gasteiger charge is -2.08. The fraction of sp³-hybridized carbons (Fsp3) is 0.250. The average Bonchev–Trinajstić information content (AvgIpc) is 3.24. The molecule has 0 saturated heterocycles. The van der Waals surface area contributed by atoms with Crippen LogP contribution >= 0.6 is 0 Å². The third-order valence-corrected chi connectivity index (χ3v) is 3.68. The van der Waals surface area contributed by atoms with Crippen LogP contribution in [-0.2, 0) is 27.3 Å². The molecule has 4 amide bonds. The average molecular weight is 360 g/mol. The Balaban J connectivity index is 1.54. The summed E-state index contributed by atoms with van der Waals surface area (Å²) in [5.74, 6) is -1.97. The number of fused-ring (bicyclic) bond motifs is 1. The van der Waals surface area contributed by atoms with E-state index >= 15 is 0 Å². The second-order valence-corrected chi connectivity index (χ2v) is 5.52. The molecule has 0 saturated carbocycles. The smallest absolute Gasteiger partial charge is 0.327 e. The highest BCUT2D eigenvalue weighted by molar-refractivity contribution is 6.35. The van der Waals surface area contributed by atoms with Crippen LogP contribution in [0.15, 0.2) is 33.5 Å². The Morgan fingerprint density at radius 1 is 1.12 bits per heavy atom. The van der Waals surface area contributed by atoms with Gasteiger partial charge in [0.25, 0.3) is 5.91 Å². The van der Waals surface area contributed by atoms with Crippen molar-refractivity contribution in [2.75, 3.05) is 5.32 Å². The molecule has 136 valence electrons. The first-order chi connectivity index (χ1) is 12.5. The van der Waals surface area contributed by atoms with Crippen LogP contribution in [0.4, 0.5) is 5.69 Å². The van der Waals surface area contributed by atoms with Gasteiger partial charge >= 0.3 is 11.8 Å². The van der Waals surface area contributed by atoms with Gasteiger partial charge in [-0.25, -0.2) is 0 Å². The Kier molecular flexibility index (Phi) is 5.02. The van der Waals surface area contributed by atoms with Gasteiger partial charge in [-0.15, -0.1) is 0 Å². The number of carbonyl (C=O) groups excluding carboxylic acids is 4. The summed E-state index contributed by atoms with van der Waals surface area (Å²) in [6.07, 6.45) is 4.09. The van der Waals surface area contributed by atoms with Gasteiger partial charge in [0.15, 0.2) is 0 Å². The molecule has 2 aromatic heterocycles. The number of hydrogen-bond acceptors (Lipinski definition) is 6. The van der Waals surface area contributed by atoms with Crippen molar-refractivity contribution >= 4 is 29.3 Å². The Hall–Kier alpha value is -3.56. The number of hydrazine groups is 1. The van der Waals surface area contributed by atoms with Crippen molar-refractivity contribution in [2.24, 2.45) is 0 Å². The monoisotopic (exact) mass is 360 g/mol. The third-order valence-electron chi connectivity index (χ3n) is 3.68. The molecule has 0 fully saturated rings. The summed E-state index contributed by atoms with van der Waals surface area (Å²) in [6, 6.07) is 3.28. The van der Waals surface area contributed by atoms with Crippen LogP contribution in [-0.4, -0.2) is 23.6 Å². The quantitative estimate of drug-likeness (QED) is 0.456. The molecule has 0 aromatic carbocycles. The van der Waals surface area contributed by atoms with E-state index in [9.17, 15) is 19.2 Å². The summed E-state index contributed by atoms with van der Waals surface area (Å²) in [4.78, 5) is 47.2. The molecule has 10 nitrogen and oxygen atoms in total. The summed E-state index contributed by atoms with van der Waals surface area (Å²) in [5, 5.41) is 4.94. The summed E-state index contributed by atoms with van der Waals surface area (Å²) in [6.45, 7) is 0.0362. The Morgan fingerprint density at radius 2 is 1.96 bits per heavy atom. The minimum absolute atomic E-state index is 0.0362. The third kappa shape index (κ3) is 3.91. The molecule has 1 aliphatic rings. The van der Waals surface area contributed by atoms with Crippen LogP contribution in [0, 0.1) is 0 Å². The van der Waals surface area contributed by atoms with Gasteiger partial charge in [0.05, 0.1) is 18.5 Å². The molecule has 4 N–H and O–H groups in total. The first-order valence-electron chi connectivity index (χ1n) is 7.85. The van der Waals surface area contributed by atoms with Crippen LogP contribution in [0.5, 0.6) is 0 Å². The van der Waals surface area contributed by atoms with Crippen LogP contribution in [0.1, 0.15) is 34.7 Å². The van der Waals surface area contributed by atoms with Crippen molar-refractivity contribution in [2.45, 2.75) is 25.8 Å². The van der Waals surface area contributed by atoms with Gasteiger partial charge in [0.1, 0.15) is 23.3 Å². The summed E-state index contributed by atoms with van der Waals surface area (Å²) < 4.78 is 10.3. The number of hydrogen-bond donors (Lipinski definition) is 4. The number of carbonyl (C=O) groups is 4. The zero-order chi connectivity index (χ0) is 18.5. The van der Waals surface area contributed by atoms with Gasteiger partial charge in [-0.3, -0.25) is 30.0 Å². The van der Waals surface area contributed by atoms with E-state index in [1.807, 2.05) is 5.43 Å². The van der Waals surface area contributed by atoms with Gasteiger partial charge in [-0.2, -0.15) is 0 Å². The Morgan fingerprint density at radius 3 is 2.73 bits per heavy atom. The molecular weight excluding hydrogens is 344 g/mol. The molecule has 0 radical (unpaired) electrons. The van der Waals surface area contributed by atoms with E-state index in [4.69, 9.17) is 8.83 Å². The van der Waals surface area contributed by atoms with Crippen molar-refractivity contribution in [1.82, 2.24) is 16.2 Å². The summed E-state index contributed by atoms with van der Waals surface area (Å²) in [5.41, 5.74) is 4.45. The topological polar surface area (TPSA) is 143 Å². The largest absolute Gasteiger partial charge is 0.467 e. The number of rotatable bonds is 3. The number of amides is 4. The van der Waals surface area contributed by atoms with Crippen LogP contribution < -0.4 is 21.5 Å². The zero-order valence-corrected chi connectivity index (χ0v) is 13.6. The summed E-state index contributed by atoms with van der Waals surface area (Å²) >= 11 is 0. The maximum Gasteiger partial charge on any atom is 0.327 e. The van der Waals surface area contributed by atoms with E-state index in [1.165, 1.54) is 12.5 Å². The fourth-order valence-electron chi connectivity index (χ4n) is 2.40. The first-order valence-corrected chi connectivity index (χ1v) is 7.85. The van der Waals surface area contributed by atoms with Gasteiger partial charge in [-0.1, -0.05) is 0 Å². The van der Waals surface area contributed by atoms with Crippen molar-refractivity contribution in [3.8, 4) is 0 Å². The fourth-order valence-corrected chi connectivity index (χ4v) is 2.40. The predicted molar refractivity (Wildman–Crippen MR) is 86.4 cm³/mol. The van der Waals surface area contributed by atoms with Gasteiger partial charge in [-0.05, 0) is 18.6 Å². The molecule has 0 atom stereocenters. The minimum atomic E-state index is -1.05. The molecule has 0 unspecified atom stereocenters. The lowest BCUT2D eigenvalue weighted by atomic mass is 10.2. The van der Waals surface area contributed by atoms with Crippen LogP contribution in [0.25, 0.3) is 0 Å². The van der Waals surface area contributed by atoms with E-state index in [-0.39, 0.29) is 23.7 Å². The molecule has 0 aliphatic carbocycles. The number of aryl methyl sites for hydroxylation is 1. The zero-order valence-electron chi connectivity index (χ0n) is 13.6. The van der Waals surface area contributed by atoms with Crippen molar-refractivity contribution in [3.63, 3.8) is 0 Å². The molecular formula is C16H16N4O6. The molecule has 0 spiro atoms. The second-order valence-electron chi connectivity index (χ2n) is 5.52. The highest BCUT2D eigenvalue weighted by Crippen LogP contribution is 2.27. The Labute approximate surface area is 147 Å². The predicted octanol–water partition coefficient (Wildman–Crippen LogP) is 0.225. The second kappa shape index (κ2) is 7.55. The van der Waals surface area contributed by atoms with Gasteiger partial charge in [0, 0.05) is 12.8 Å². The lowest BCUT2D eigenvalue weighted by Crippen LogP contribution is -2.48. The Bertz CT molecular complexity index is 839. The molecule has 10 heteroatoms. The number of anilines is 1. The van der Waals surface area contributed by atoms with E-state index < -0.39 is 17.7 Å². The first kappa shape index (κ1) is 17.3. The molecule has 3 heterocycles. The molecule has 26 heavy (non-hydrogen) atoms. The molecule has 2 aromatic rings. The maximum atomic E-state index is 12.2. The molecule has 3 rings (SSSR count). The number of furan rings is 2.